The minimum atomic E-state index is -0.454. The fourth-order valence-electron chi connectivity index (χ4n) is 12.8. The van der Waals surface area contributed by atoms with E-state index in [4.69, 9.17) is 19.4 Å². The number of esters is 1. The molecular weight excluding hydrogens is 661 g/mol. The lowest BCUT2D eigenvalue weighted by Gasteiger charge is -2.58. The van der Waals surface area contributed by atoms with Crippen LogP contribution in [0.4, 0.5) is 0 Å². The number of unbranched alkanes of at least 4 members (excludes halogenated alkanes) is 3. The minimum Gasteiger partial charge on any atom is -0.462 e. The van der Waals surface area contributed by atoms with Crippen molar-refractivity contribution in [1.29, 1.82) is 0 Å². The van der Waals surface area contributed by atoms with Gasteiger partial charge in [0.2, 0.25) is 0 Å². The summed E-state index contributed by atoms with van der Waals surface area (Å²) in [5, 5.41) is 9.69. The van der Waals surface area contributed by atoms with E-state index in [1.807, 2.05) is 6.08 Å². The van der Waals surface area contributed by atoms with Gasteiger partial charge < -0.3 is 4.74 Å². The van der Waals surface area contributed by atoms with Crippen molar-refractivity contribution in [3.63, 3.8) is 0 Å². The summed E-state index contributed by atoms with van der Waals surface area (Å²) in [6.45, 7) is 14.8. The molecule has 300 valence electrons. The second-order valence-electron chi connectivity index (χ2n) is 19.5. The molecule has 13 atom stereocenters. The molecule has 6 nitrogen and oxygen atoms in total. The number of hydrogen-bond acceptors (Lipinski definition) is 6. The average Bonchev–Trinajstić information content (AvgIpc) is 3.84. The summed E-state index contributed by atoms with van der Waals surface area (Å²) in [5.41, 5.74) is 2.34. The van der Waals surface area contributed by atoms with Gasteiger partial charge in [-0.05, 0) is 123 Å². The van der Waals surface area contributed by atoms with Crippen LogP contribution >= 0.6 is 0 Å². The van der Waals surface area contributed by atoms with Crippen LogP contribution in [0.3, 0.4) is 0 Å². The highest BCUT2D eigenvalue weighted by Crippen LogP contribution is 2.67. The predicted molar refractivity (Wildman–Crippen MR) is 213 cm³/mol. The molecule has 3 unspecified atom stereocenters. The molecule has 1 aliphatic heterocycles. The molecule has 0 radical (unpaired) electrons. The number of rotatable bonds is 19. The quantitative estimate of drug-likeness (QED) is 0.0468. The number of allylic oxidation sites excluding steroid dienone is 3. The zero-order valence-electron chi connectivity index (χ0n) is 34.4. The largest absolute Gasteiger partial charge is 0.462 e. The molecule has 2 bridgehead atoms. The van der Waals surface area contributed by atoms with Crippen molar-refractivity contribution in [3.05, 3.63) is 36.0 Å². The van der Waals surface area contributed by atoms with Crippen molar-refractivity contribution < 1.29 is 29.5 Å². The predicted octanol–water partition coefficient (Wildman–Crippen LogP) is 12.4. The van der Waals surface area contributed by atoms with Crippen LogP contribution in [-0.2, 0) is 24.2 Å². The van der Waals surface area contributed by atoms with E-state index in [-0.39, 0.29) is 35.6 Å². The Morgan fingerprint density at radius 1 is 0.962 bits per heavy atom. The maximum Gasteiger partial charge on any atom is 0.306 e. The molecule has 0 aromatic carbocycles. The van der Waals surface area contributed by atoms with Gasteiger partial charge in [-0.25, -0.2) is 14.7 Å². The highest BCUT2D eigenvalue weighted by Gasteiger charge is 2.59. The molecule has 4 saturated carbocycles. The number of hydrogen-bond donors (Lipinski definition) is 1. The fourth-order valence-corrected chi connectivity index (χ4v) is 12.8. The Labute approximate surface area is 323 Å². The van der Waals surface area contributed by atoms with E-state index in [9.17, 15) is 10.1 Å². The fraction of sp³-hybridized carbons (Fsp3) is 0.851. The Balaban J connectivity index is 0.948. The monoisotopic (exact) mass is 737 g/mol. The SMILES string of the molecule is CCCCC/C=C\CC1C(/C=C/C(CCCC(=O)O[C@H]2CC[C@@]3(C)C(=CC[C@H]4[C@@H]5CC[C@H]([C@H](C)CCCC(C)C)[C@@]5(C)CC[C@@H]43)C2)OO)[C@@H]2C[C@H]1OO2. The topological polar surface area (TPSA) is 74.2 Å². The number of carbonyl (C=O) groups is 1. The minimum absolute atomic E-state index is 0.0165. The first kappa shape index (κ1) is 41.2. The zero-order valence-corrected chi connectivity index (χ0v) is 34.4. The van der Waals surface area contributed by atoms with Crippen LogP contribution in [-0.4, -0.2) is 35.6 Å². The summed E-state index contributed by atoms with van der Waals surface area (Å²) in [5.74, 6) is 5.49. The van der Waals surface area contributed by atoms with Crippen molar-refractivity contribution in [2.75, 3.05) is 0 Å². The molecule has 0 amide bonds. The Kier molecular flexibility index (Phi) is 14.5. The van der Waals surface area contributed by atoms with Crippen LogP contribution in [0, 0.1) is 58.2 Å². The van der Waals surface area contributed by atoms with Gasteiger partial charge in [0, 0.05) is 31.1 Å². The van der Waals surface area contributed by atoms with Gasteiger partial charge in [0.15, 0.2) is 0 Å². The maximum absolute atomic E-state index is 13.1. The molecule has 53 heavy (non-hydrogen) atoms. The molecule has 0 aromatic heterocycles. The van der Waals surface area contributed by atoms with E-state index in [2.05, 4.69) is 65.8 Å². The summed E-state index contributed by atoms with van der Waals surface area (Å²) < 4.78 is 6.13. The molecule has 5 fully saturated rings. The van der Waals surface area contributed by atoms with E-state index < -0.39 is 6.10 Å². The van der Waals surface area contributed by atoms with Crippen molar-refractivity contribution >= 4 is 5.97 Å². The lowest BCUT2D eigenvalue weighted by Crippen LogP contribution is -2.51. The highest BCUT2D eigenvalue weighted by molar-refractivity contribution is 5.69. The van der Waals surface area contributed by atoms with Gasteiger partial charge in [0.1, 0.15) is 18.3 Å². The molecule has 5 aliphatic carbocycles. The van der Waals surface area contributed by atoms with E-state index in [0.717, 1.165) is 74.0 Å². The van der Waals surface area contributed by atoms with Crippen LogP contribution in [0.2, 0.25) is 0 Å². The molecule has 6 heteroatoms. The third-order valence-electron chi connectivity index (χ3n) is 15.8. The smallest absolute Gasteiger partial charge is 0.306 e. The van der Waals surface area contributed by atoms with Gasteiger partial charge >= 0.3 is 5.97 Å². The van der Waals surface area contributed by atoms with Crippen LogP contribution in [0.5, 0.6) is 0 Å². The highest BCUT2D eigenvalue weighted by atomic mass is 17.2. The lowest BCUT2D eigenvalue weighted by molar-refractivity contribution is -0.336. The third-order valence-corrected chi connectivity index (χ3v) is 15.8. The van der Waals surface area contributed by atoms with E-state index in [1.54, 1.807) is 5.57 Å². The van der Waals surface area contributed by atoms with Crippen molar-refractivity contribution in [3.8, 4) is 0 Å². The van der Waals surface area contributed by atoms with E-state index >= 15 is 0 Å². The molecule has 6 aliphatic rings. The van der Waals surface area contributed by atoms with Gasteiger partial charge in [0.05, 0.1) is 6.10 Å². The van der Waals surface area contributed by atoms with E-state index in [0.29, 0.717) is 30.6 Å². The van der Waals surface area contributed by atoms with Crippen LogP contribution in [0.25, 0.3) is 0 Å². The van der Waals surface area contributed by atoms with Gasteiger partial charge in [0.25, 0.3) is 0 Å². The zero-order chi connectivity index (χ0) is 37.6. The Morgan fingerprint density at radius 2 is 1.79 bits per heavy atom. The maximum atomic E-state index is 13.1. The molecule has 1 heterocycles. The first-order chi connectivity index (χ1) is 25.6. The number of ether oxygens (including phenoxy) is 1. The van der Waals surface area contributed by atoms with Crippen molar-refractivity contribution in [1.82, 2.24) is 0 Å². The summed E-state index contributed by atoms with van der Waals surface area (Å²) >= 11 is 0. The third kappa shape index (κ3) is 9.40. The normalized spacial score (nSPS) is 38.9. The van der Waals surface area contributed by atoms with Crippen LogP contribution in [0.1, 0.15) is 170 Å². The average molecular weight is 737 g/mol. The van der Waals surface area contributed by atoms with Crippen molar-refractivity contribution in [2.45, 2.75) is 194 Å². The van der Waals surface area contributed by atoms with Gasteiger partial charge in [-0.15, -0.1) is 0 Å². The molecule has 0 aromatic rings. The Hall–Kier alpha value is -1.47. The standard InChI is InChI=1S/C47H76O6/c1-7-8-9-10-11-12-18-37-38(44-31-43(37)52-53-44)23-21-35(51-49)17-14-19-45(48)50-36-26-28-46(5)34(30-36)20-22-39-41-25-24-40(33(4)16-13-15-32(2)3)47(41,6)29-27-42(39)46/h11-12,20-21,23,32-33,35-44,49H,7-10,13-19,22,24-31H2,1-6H3/b12-11-,23-21+/t33-,35?,36+,37?,38?,39+,40-,41+,42+,43-,44+,46+,47-/m1/s1. The summed E-state index contributed by atoms with van der Waals surface area (Å²) in [7, 11) is 0. The van der Waals surface area contributed by atoms with Gasteiger partial charge in [-0.1, -0.05) is 110 Å². The summed E-state index contributed by atoms with van der Waals surface area (Å²) in [6.07, 6.45) is 33.3. The summed E-state index contributed by atoms with van der Waals surface area (Å²) in [6, 6.07) is 0. The Bertz CT molecular complexity index is 1270. The molecular formula is C47H76O6. The molecule has 6 rings (SSSR count). The summed E-state index contributed by atoms with van der Waals surface area (Å²) in [4.78, 5) is 29.1. The molecule has 0 spiro atoms. The van der Waals surface area contributed by atoms with Crippen LogP contribution in [0.15, 0.2) is 36.0 Å². The van der Waals surface area contributed by atoms with Crippen molar-refractivity contribution in [2.24, 2.45) is 58.2 Å². The van der Waals surface area contributed by atoms with Crippen LogP contribution < -0.4 is 0 Å². The second-order valence-corrected chi connectivity index (χ2v) is 19.5. The Morgan fingerprint density at radius 3 is 2.58 bits per heavy atom. The first-order valence-electron chi connectivity index (χ1n) is 22.4. The van der Waals surface area contributed by atoms with E-state index in [1.165, 1.54) is 70.6 Å². The second kappa shape index (κ2) is 18.6. The molecule has 1 saturated heterocycles. The molecule has 1 N–H and O–H groups in total. The lowest BCUT2D eigenvalue weighted by atomic mass is 9.47. The first-order valence-corrected chi connectivity index (χ1v) is 22.4. The van der Waals surface area contributed by atoms with Gasteiger partial charge in [-0.2, -0.15) is 0 Å². The number of carbonyl (C=O) groups excluding carboxylic acids is 1. The van der Waals surface area contributed by atoms with Gasteiger partial charge in [-0.3, -0.25) is 10.1 Å². The number of fused-ring (bicyclic) bond motifs is 7.